The first-order chi connectivity index (χ1) is 11.6. The Morgan fingerprint density at radius 1 is 1.17 bits per heavy atom. The number of hydrogen-bond donors (Lipinski definition) is 2. The first kappa shape index (κ1) is 17.4. The average molecular weight is 333 g/mol. The molecule has 0 spiro atoms. The fourth-order valence-electron chi connectivity index (χ4n) is 4.50. The van der Waals surface area contributed by atoms with Gasteiger partial charge in [-0.2, -0.15) is 0 Å². The number of aliphatic carboxylic acids is 1. The average Bonchev–Trinajstić information content (AvgIpc) is 2.61. The summed E-state index contributed by atoms with van der Waals surface area (Å²) in [6.07, 6.45) is 9.25. The largest absolute Gasteiger partial charge is 0.481 e. The maximum atomic E-state index is 13.7. The van der Waals surface area contributed by atoms with E-state index in [2.05, 4.69) is 11.4 Å². The molecule has 0 unspecified atom stereocenters. The lowest BCUT2D eigenvalue weighted by molar-refractivity contribution is -0.142. The first-order valence-corrected chi connectivity index (χ1v) is 9.31. The van der Waals surface area contributed by atoms with Crippen molar-refractivity contribution in [2.75, 3.05) is 6.54 Å². The van der Waals surface area contributed by atoms with Gasteiger partial charge in [-0.3, -0.25) is 4.79 Å². The summed E-state index contributed by atoms with van der Waals surface area (Å²) in [7, 11) is 0. The molecular weight excluding hydrogens is 305 g/mol. The maximum absolute atomic E-state index is 13.7. The molecule has 2 saturated carbocycles. The van der Waals surface area contributed by atoms with Crippen molar-refractivity contribution in [3.8, 4) is 0 Å². The SMILES string of the molecule is O=C(O)C1CCC(NCC2(c3cccc(F)c3)CCCCC2)CC1. The molecule has 3 nitrogen and oxygen atoms in total. The monoisotopic (exact) mass is 333 g/mol. The van der Waals surface area contributed by atoms with E-state index in [1.165, 1.54) is 25.3 Å². The van der Waals surface area contributed by atoms with Gasteiger partial charge in [-0.25, -0.2) is 4.39 Å². The summed E-state index contributed by atoms with van der Waals surface area (Å²) in [5.74, 6) is -0.980. The molecule has 2 aliphatic carbocycles. The molecule has 132 valence electrons. The molecule has 0 aromatic heterocycles. The highest BCUT2D eigenvalue weighted by Gasteiger charge is 2.35. The van der Waals surface area contributed by atoms with Crippen molar-refractivity contribution < 1.29 is 14.3 Å². The van der Waals surface area contributed by atoms with E-state index in [4.69, 9.17) is 5.11 Å². The summed E-state index contributed by atoms with van der Waals surface area (Å²) in [5, 5.41) is 12.8. The second kappa shape index (κ2) is 7.64. The van der Waals surface area contributed by atoms with Gasteiger partial charge < -0.3 is 10.4 Å². The molecule has 1 aromatic carbocycles. The van der Waals surface area contributed by atoms with Crippen LogP contribution in [0.4, 0.5) is 4.39 Å². The van der Waals surface area contributed by atoms with Gasteiger partial charge in [-0.1, -0.05) is 31.4 Å². The third-order valence-electron chi connectivity index (χ3n) is 6.05. The molecule has 0 saturated heterocycles. The molecule has 24 heavy (non-hydrogen) atoms. The molecule has 0 heterocycles. The summed E-state index contributed by atoms with van der Waals surface area (Å²) < 4.78 is 13.7. The van der Waals surface area contributed by atoms with Crippen molar-refractivity contribution in [2.24, 2.45) is 5.92 Å². The van der Waals surface area contributed by atoms with E-state index in [1.54, 1.807) is 6.07 Å². The summed E-state index contributed by atoms with van der Waals surface area (Å²) in [4.78, 5) is 11.1. The van der Waals surface area contributed by atoms with Crippen LogP contribution in [0.25, 0.3) is 0 Å². The number of nitrogens with one attached hydrogen (secondary N) is 1. The zero-order chi connectivity index (χ0) is 17.0. The van der Waals surface area contributed by atoms with E-state index in [0.717, 1.165) is 50.6 Å². The Labute approximate surface area is 143 Å². The van der Waals surface area contributed by atoms with E-state index in [9.17, 15) is 9.18 Å². The van der Waals surface area contributed by atoms with Crippen LogP contribution in [0.3, 0.4) is 0 Å². The van der Waals surface area contributed by atoms with Gasteiger partial charge in [0.05, 0.1) is 5.92 Å². The number of halogens is 1. The topological polar surface area (TPSA) is 49.3 Å². The van der Waals surface area contributed by atoms with Gasteiger partial charge in [0.15, 0.2) is 0 Å². The molecule has 0 bridgehead atoms. The number of hydrogen-bond acceptors (Lipinski definition) is 2. The Kier molecular flexibility index (Phi) is 5.54. The summed E-state index contributed by atoms with van der Waals surface area (Å²) in [6, 6.07) is 7.50. The maximum Gasteiger partial charge on any atom is 0.306 e. The van der Waals surface area contributed by atoms with Gasteiger partial charge in [0, 0.05) is 18.0 Å². The summed E-state index contributed by atoms with van der Waals surface area (Å²) in [6.45, 7) is 0.874. The Hall–Kier alpha value is -1.42. The van der Waals surface area contributed by atoms with E-state index in [0.29, 0.717) is 6.04 Å². The molecule has 2 fully saturated rings. The zero-order valence-electron chi connectivity index (χ0n) is 14.3. The Morgan fingerprint density at radius 2 is 1.88 bits per heavy atom. The van der Waals surface area contributed by atoms with Crippen molar-refractivity contribution >= 4 is 5.97 Å². The van der Waals surface area contributed by atoms with Gasteiger partial charge in [-0.15, -0.1) is 0 Å². The van der Waals surface area contributed by atoms with Gasteiger partial charge in [0.25, 0.3) is 0 Å². The number of rotatable bonds is 5. The normalized spacial score (nSPS) is 26.9. The third kappa shape index (κ3) is 3.97. The second-order valence-electron chi connectivity index (χ2n) is 7.62. The van der Waals surface area contributed by atoms with Gasteiger partial charge >= 0.3 is 5.97 Å². The van der Waals surface area contributed by atoms with Crippen molar-refractivity contribution in [3.05, 3.63) is 35.6 Å². The minimum atomic E-state index is -0.656. The predicted molar refractivity (Wildman–Crippen MR) is 92.5 cm³/mol. The zero-order valence-corrected chi connectivity index (χ0v) is 14.3. The van der Waals surface area contributed by atoms with Crippen molar-refractivity contribution in [1.82, 2.24) is 5.32 Å². The van der Waals surface area contributed by atoms with E-state index >= 15 is 0 Å². The summed E-state index contributed by atoms with van der Waals surface area (Å²) >= 11 is 0. The Balaban J connectivity index is 1.64. The molecule has 1 aromatic rings. The van der Waals surface area contributed by atoms with Crippen molar-refractivity contribution in [3.63, 3.8) is 0 Å². The minimum absolute atomic E-state index is 0.0317. The van der Waals surface area contributed by atoms with Gasteiger partial charge in [0.2, 0.25) is 0 Å². The van der Waals surface area contributed by atoms with Crippen LogP contribution in [0.1, 0.15) is 63.4 Å². The molecule has 0 amide bonds. The molecule has 2 aliphatic rings. The third-order valence-corrected chi connectivity index (χ3v) is 6.05. The highest BCUT2D eigenvalue weighted by atomic mass is 19.1. The van der Waals surface area contributed by atoms with E-state index < -0.39 is 5.97 Å². The molecule has 0 aliphatic heterocycles. The highest BCUT2D eigenvalue weighted by Crippen LogP contribution is 2.39. The Morgan fingerprint density at radius 3 is 2.50 bits per heavy atom. The first-order valence-electron chi connectivity index (χ1n) is 9.31. The number of benzene rings is 1. The molecule has 4 heteroatoms. The Bertz CT molecular complexity index is 561. The second-order valence-corrected chi connectivity index (χ2v) is 7.62. The standard InChI is InChI=1S/C20H28FNO2/c21-17-6-4-5-16(13-17)20(11-2-1-3-12-20)14-22-18-9-7-15(8-10-18)19(23)24/h4-6,13,15,18,22H,1-3,7-12,14H2,(H,23,24). The fraction of sp³-hybridized carbons (Fsp3) is 0.650. The number of carboxylic acid groups (broad SMARTS) is 1. The van der Waals surface area contributed by atoms with Crippen LogP contribution < -0.4 is 5.32 Å². The highest BCUT2D eigenvalue weighted by molar-refractivity contribution is 5.70. The minimum Gasteiger partial charge on any atom is -0.481 e. The molecule has 3 rings (SSSR count). The van der Waals surface area contributed by atoms with Crippen LogP contribution in [0.15, 0.2) is 24.3 Å². The van der Waals surface area contributed by atoms with Crippen LogP contribution in [-0.2, 0) is 10.2 Å². The number of carbonyl (C=O) groups is 1. The van der Waals surface area contributed by atoms with Crippen LogP contribution >= 0.6 is 0 Å². The lowest BCUT2D eigenvalue weighted by atomic mass is 9.69. The van der Waals surface area contributed by atoms with Crippen LogP contribution in [0.2, 0.25) is 0 Å². The molecular formula is C20H28FNO2. The lowest BCUT2D eigenvalue weighted by Crippen LogP contribution is -2.45. The summed E-state index contributed by atoms with van der Waals surface area (Å²) in [5.41, 5.74) is 1.15. The fourth-order valence-corrected chi connectivity index (χ4v) is 4.50. The van der Waals surface area contributed by atoms with Crippen LogP contribution in [0.5, 0.6) is 0 Å². The van der Waals surface area contributed by atoms with Crippen molar-refractivity contribution in [2.45, 2.75) is 69.2 Å². The smallest absolute Gasteiger partial charge is 0.306 e. The van der Waals surface area contributed by atoms with E-state index in [1.807, 2.05) is 6.07 Å². The molecule has 0 atom stereocenters. The van der Waals surface area contributed by atoms with Crippen LogP contribution in [0, 0.1) is 11.7 Å². The molecule has 0 radical (unpaired) electrons. The van der Waals surface area contributed by atoms with Crippen LogP contribution in [-0.4, -0.2) is 23.7 Å². The van der Waals surface area contributed by atoms with Gasteiger partial charge in [-0.05, 0) is 56.2 Å². The predicted octanol–water partition coefficient (Wildman–Crippen LogP) is 4.26. The van der Waals surface area contributed by atoms with Gasteiger partial charge in [0.1, 0.15) is 5.82 Å². The lowest BCUT2D eigenvalue weighted by Gasteiger charge is -2.40. The van der Waals surface area contributed by atoms with E-state index in [-0.39, 0.29) is 17.2 Å². The quantitative estimate of drug-likeness (QED) is 0.846. The van der Waals surface area contributed by atoms with Crippen molar-refractivity contribution in [1.29, 1.82) is 0 Å². The molecule has 2 N–H and O–H groups in total. The number of carboxylic acids is 1.